The molecule has 1 amide bonds. The van der Waals surface area contributed by atoms with Crippen molar-refractivity contribution in [1.82, 2.24) is 0 Å². The summed E-state index contributed by atoms with van der Waals surface area (Å²) in [5.41, 5.74) is 2.83. The predicted molar refractivity (Wildman–Crippen MR) is 96.1 cm³/mol. The minimum Gasteiger partial charge on any atom is -0.490 e. The van der Waals surface area contributed by atoms with Crippen LogP contribution in [0.1, 0.15) is 11.1 Å². The maximum atomic E-state index is 12.3. The van der Waals surface area contributed by atoms with Crippen LogP contribution in [-0.2, 0) is 4.79 Å². The SMILES string of the molecule is C=CCOc1cccc(/C=N\N=C2\C(=O)N(C)c3ccccc32)c1. The zero-order valence-corrected chi connectivity index (χ0v) is 13.3. The van der Waals surface area contributed by atoms with Crippen molar-refractivity contribution in [3.63, 3.8) is 0 Å². The largest absolute Gasteiger partial charge is 0.490 e. The number of anilines is 1. The zero-order chi connectivity index (χ0) is 16.9. The number of fused-ring (bicyclic) bond motifs is 1. The van der Waals surface area contributed by atoms with Crippen molar-refractivity contribution in [3.8, 4) is 5.75 Å². The van der Waals surface area contributed by atoms with E-state index in [0.29, 0.717) is 12.3 Å². The Balaban J connectivity index is 1.82. The molecule has 1 aliphatic rings. The lowest BCUT2D eigenvalue weighted by molar-refractivity contribution is -0.111. The molecule has 0 unspecified atom stereocenters. The molecule has 0 spiro atoms. The molecule has 5 nitrogen and oxygen atoms in total. The van der Waals surface area contributed by atoms with E-state index in [1.807, 2.05) is 48.5 Å². The summed E-state index contributed by atoms with van der Waals surface area (Å²) in [6, 6.07) is 15.0. The summed E-state index contributed by atoms with van der Waals surface area (Å²) in [6.07, 6.45) is 3.29. The third-order valence-corrected chi connectivity index (χ3v) is 3.62. The third kappa shape index (κ3) is 3.10. The molecule has 0 saturated carbocycles. The Morgan fingerprint density at radius 3 is 2.88 bits per heavy atom. The fourth-order valence-electron chi connectivity index (χ4n) is 2.44. The van der Waals surface area contributed by atoms with Crippen LogP contribution in [0.15, 0.2) is 71.4 Å². The summed E-state index contributed by atoms with van der Waals surface area (Å²) < 4.78 is 5.48. The van der Waals surface area contributed by atoms with E-state index in [-0.39, 0.29) is 5.91 Å². The number of likely N-dealkylation sites (N-methyl/N-ethyl adjacent to an activating group) is 1. The van der Waals surface area contributed by atoms with Gasteiger partial charge in [0.25, 0.3) is 5.91 Å². The first-order valence-electron chi connectivity index (χ1n) is 7.53. The second kappa shape index (κ2) is 6.91. The van der Waals surface area contributed by atoms with E-state index in [4.69, 9.17) is 4.74 Å². The van der Waals surface area contributed by atoms with Gasteiger partial charge in [-0.2, -0.15) is 5.10 Å². The molecular formula is C19H17N3O2. The second-order valence-electron chi connectivity index (χ2n) is 5.25. The summed E-state index contributed by atoms with van der Waals surface area (Å²) in [5, 5.41) is 8.19. The van der Waals surface area contributed by atoms with Crippen LogP contribution in [0.3, 0.4) is 0 Å². The molecule has 24 heavy (non-hydrogen) atoms. The fourth-order valence-corrected chi connectivity index (χ4v) is 2.44. The van der Waals surface area contributed by atoms with Crippen LogP contribution in [0.5, 0.6) is 5.75 Å². The number of carbonyl (C=O) groups excluding carboxylic acids is 1. The Labute approximate surface area is 140 Å². The number of hydrogen-bond acceptors (Lipinski definition) is 4. The molecule has 0 radical (unpaired) electrons. The van der Waals surface area contributed by atoms with Crippen LogP contribution in [-0.4, -0.2) is 31.5 Å². The lowest BCUT2D eigenvalue weighted by atomic mass is 10.1. The number of ether oxygens (including phenoxy) is 1. The molecule has 0 fully saturated rings. The summed E-state index contributed by atoms with van der Waals surface area (Å²) >= 11 is 0. The van der Waals surface area contributed by atoms with Gasteiger partial charge < -0.3 is 9.64 Å². The van der Waals surface area contributed by atoms with E-state index in [9.17, 15) is 4.79 Å². The van der Waals surface area contributed by atoms with Gasteiger partial charge in [-0.15, -0.1) is 5.10 Å². The van der Waals surface area contributed by atoms with Gasteiger partial charge in [-0.3, -0.25) is 4.79 Å². The first-order valence-corrected chi connectivity index (χ1v) is 7.53. The van der Waals surface area contributed by atoms with Gasteiger partial charge in [0.05, 0.1) is 11.9 Å². The van der Waals surface area contributed by atoms with E-state index in [0.717, 1.165) is 22.6 Å². The Bertz CT molecular complexity index is 840. The highest BCUT2D eigenvalue weighted by Crippen LogP contribution is 2.27. The lowest BCUT2D eigenvalue weighted by Gasteiger charge is -2.07. The minimum absolute atomic E-state index is 0.156. The fraction of sp³-hybridized carbons (Fsp3) is 0.105. The molecule has 0 aliphatic carbocycles. The van der Waals surface area contributed by atoms with E-state index < -0.39 is 0 Å². The molecule has 5 heteroatoms. The van der Waals surface area contributed by atoms with Crippen molar-refractivity contribution >= 4 is 23.5 Å². The van der Waals surface area contributed by atoms with Crippen LogP contribution in [0.2, 0.25) is 0 Å². The first-order chi connectivity index (χ1) is 11.7. The van der Waals surface area contributed by atoms with Gasteiger partial charge in [0.1, 0.15) is 12.4 Å². The topological polar surface area (TPSA) is 54.3 Å². The summed E-state index contributed by atoms with van der Waals surface area (Å²) in [5.74, 6) is 0.574. The molecule has 1 heterocycles. The van der Waals surface area contributed by atoms with Crippen LogP contribution in [0, 0.1) is 0 Å². The van der Waals surface area contributed by atoms with Gasteiger partial charge in [-0.05, 0) is 23.8 Å². The van der Waals surface area contributed by atoms with Crippen LogP contribution < -0.4 is 9.64 Å². The lowest BCUT2D eigenvalue weighted by Crippen LogP contribution is -2.25. The van der Waals surface area contributed by atoms with Gasteiger partial charge in [-0.25, -0.2) is 0 Å². The molecule has 120 valence electrons. The number of hydrogen-bond donors (Lipinski definition) is 0. The number of para-hydroxylation sites is 1. The summed E-state index contributed by atoms with van der Waals surface area (Å²) in [7, 11) is 1.73. The van der Waals surface area contributed by atoms with E-state index in [1.54, 1.807) is 24.2 Å². The normalized spacial score (nSPS) is 15.1. The Hall–Kier alpha value is -3.21. The van der Waals surface area contributed by atoms with Crippen LogP contribution >= 0.6 is 0 Å². The first kappa shape index (κ1) is 15.7. The van der Waals surface area contributed by atoms with Crippen molar-refractivity contribution in [2.24, 2.45) is 10.2 Å². The molecule has 3 rings (SSSR count). The quantitative estimate of drug-likeness (QED) is 0.483. The van der Waals surface area contributed by atoms with E-state index in [1.165, 1.54) is 0 Å². The summed E-state index contributed by atoms with van der Waals surface area (Å²) in [6.45, 7) is 4.06. The number of nitrogens with zero attached hydrogens (tertiary/aromatic N) is 3. The van der Waals surface area contributed by atoms with Crippen LogP contribution in [0.25, 0.3) is 0 Å². The molecule has 1 aliphatic heterocycles. The van der Waals surface area contributed by atoms with E-state index >= 15 is 0 Å². The standard InChI is InChI=1S/C19H17N3O2/c1-3-11-24-15-8-6-7-14(12-15)13-20-21-18-16-9-4-5-10-17(16)22(2)19(18)23/h3-10,12-13H,1,11H2,2H3/b20-13-,21-18+. The van der Waals surface area contributed by atoms with Crippen molar-refractivity contribution < 1.29 is 9.53 Å². The molecule has 0 aromatic heterocycles. The maximum Gasteiger partial charge on any atom is 0.279 e. The zero-order valence-electron chi connectivity index (χ0n) is 13.3. The monoisotopic (exact) mass is 319 g/mol. The number of rotatable bonds is 5. The van der Waals surface area contributed by atoms with Crippen molar-refractivity contribution in [3.05, 3.63) is 72.3 Å². The van der Waals surface area contributed by atoms with Crippen molar-refractivity contribution in [2.75, 3.05) is 18.6 Å². The predicted octanol–water partition coefficient (Wildman–Crippen LogP) is 3.05. The second-order valence-corrected chi connectivity index (χ2v) is 5.25. The Kier molecular flexibility index (Phi) is 4.52. The minimum atomic E-state index is -0.156. The average molecular weight is 319 g/mol. The van der Waals surface area contributed by atoms with Gasteiger partial charge in [0.15, 0.2) is 5.71 Å². The highest BCUT2D eigenvalue weighted by atomic mass is 16.5. The number of carbonyl (C=O) groups is 1. The van der Waals surface area contributed by atoms with Gasteiger partial charge in [0, 0.05) is 12.6 Å². The molecular weight excluding hydrogens is 302 g/mol. The highest BCUT2D eigenvalue weighted by Gasteiger charge is 2.30. The smallest absolute Gasteiger partial charge is 0.279 e. The summed E-state index contributed by atoms with van der Waals surface area (Å²) in [4.78, 5) is 13.8. The van der Waals surface area contributed by atoms with Crippen LogP contribution in [0.4, 0.5) is 5.69 Å². The maximum absolute atomic E-state index is 12.3. The highest BCUT2D eigenvalue weighted by molar-refractivity contribution is 6.54. The Morgan fingerprint density at radius 1 is 1.21 bits per heavy atom. The van der Waals surface area contributed by atoms with Gasteiger partial charge in [-0.1, -0.05) is 43.0 Å². The molecule has 2 aromatic carbocycles. The third-order valence-electron chi connectivity index (χ3n) is 3.62. The number of amides is 1. The molecule has 2 aromatic rings. The van der Waals surface area contributed by atoms with Gasteiger partial charge >= 0.3 is 0 Å². The molecule has 0 atom stereocenters. The number of benzene rings is 2. The molecule has 0 bridgehead atoms. The molecule has 0 saturated heterocycles. The Morgan fingerprint density at radius 2 is 2.04 bits per heavy atom. The van der Waals surface area contributed by atoms with Gasteiger partial charge in [0.2, 0.25) is 0 Å². The molecule has 0 N–H and O–H groups in total. The van der Waals surface area contributed by atoms with Crippen molar-refractivity contribution in [2.45, 2.75) is 0 Å². The van der Waals surface area contributed by atoms with E-state index in [2.05, 4.69) is 16.8 Å². The van der Waals surface area contributed by atoms with Crippen molar-refractivity contribution in [1.29, 1.82) is 0 Å². The average Bonchev–Trinajstić information content (AvgIpc) is 2.85.